The number of carbonyl (C=O) groups excluding carboxylic acids is 1. The minimum absolute atomic E-state index is 0.00275. The van der Waals surface area contributed by atoms with Crippen molar-refractivity contribution >= 4 is 27.6 Å². The van der Waals surface area contributed by atoms with Gasteiger partial charge in [0.05, 0.1) is 12.0 Å². The Balaban J connectivity index is 1.37. The summed E-state index contributed by atoms with van der Waals surface area (Å²) >= 11 is 0. The van der Waals surface area contributed by atoms with Gasteiger partial charge in [0.1, 0.15) is 12.4 Å². The fourth-order valence-corrected chi connectivity index (χ4v) is 4.27. The van der Waals surface area contributed by atoms with Crippen LogP contribution in [0.3, 0.4) is 0 Å². The van der Waals surface area contributed by atoms with Gasteiger partial charge in [-0.15, -0.1) is 0 Å². The van der Waals surface area contributed by atoms with Crippen molar-refractivity contribution in [3.8, 4) is 11.5 Å². The maximum Gasteiger partial charge on any atom is 0.291 e. The molecule has 0 aliphatic heterocycles. The highest BCUT2D eigenvalue weighted by Gasteiger charge is 2.17. The summed E-state index contributed by atoms with van der Waals surface area (Å²) in [5, 5.41) is 2.67. The second-order valence-electron chi connectivity index (χ2n) is 7.76. The molecule has 2 aromatic heterocycles. The van der Waals surface area contributed by atoms with Crippen molar-refractivity contribution in [2.75, 3.05) is 17.1 Å². The molecule has 2 aromatic carbocycles. The lowest BCUT2D eigenvalue weighted by atomic mass is 10.3. The Labute approximate surface area is 208 Å². The van der Waals surface area contributed by atoms with Crippen molar-refractivity contribution in [1.82, 2.24) is 9.97 Å². The van der Waals surface area contributed by atoms with Crippen LogP contribution >= 0.6 is 0 Å². The SMILES string of the molecule is COc1ccccc1OCc1ccc(C(=O)Nc2ccc(S(=O)(=O)Nc3nc(C)cc(C)n3)cc2)o1. The van der Waals surface area contributed by atoms with Crippen LogP contribution in [0.25, 0.3) is 0 Å². The number of aromatic nitrogens is 2. The van der Waals surface area contributed by atoms with E-state index in [2.05, 4.69) is 20.0 Å². The number of ether oxygens (including phenoxy) is 2. The lowest BCUT2D eigenvalue weighted by Gasteiger charge is -2.09. The first-order valence-corrected chi connectivity index (χ1v) is 12.3. The van der Waals surface area contributed by atoms with E-state index in [1.54, 1.807) is 45.2 Å². The number of aryl methyl sites for hydroxylation is 2. The molecule has 36 heavy (non-hydrogen) atoms. The second-order valence-corrected chi connectivity index (χ2v) is 9.45. The molecule has 0 atom stereocenters. The highest BCUT2D eigenvalue weighted by atomic mass is 32.2. The van der Waals surface area contributed by atoms with E-state index in [0.29, 0.717) is 34.3 Å². The Morgan fingerprint density at radius 2 is 1.61 bits per heavy atom. The minimum Gasteiger partial charge on any atom is -0.493 e. The average molecular weight is 509 g/mol. The average Bonchev–Trinajstić information content (AvgIpc) is 3.31. The first kappa shape index (κ1) is 24.7. The molecule has 186 valence electrons. The maximum absolute atomic E-state index is 12.7. The number of sulfonamides is 1. The van der Waals surface area contributed by atoms with Gasteiger partial charge >= 0.3 is 0 Å². The summed E-state index contributed by atoms with van der Waals surface area (Å²) in [6.07, 6.45) is 0. The van der Waals surface area contributed by atoms with Crippen LogP contribution in [0.15, 0.2) is 76.0 Å². The molecule has 2 N–H and O–H groups in total. The highest BCUT2D eigenvalue weighted by Crippen LogP contribution is 2.27. The quantitative estimate of drug-likeness (QED) is 0.341. The van der Waals surface area contributed by atoms with Gasteiger partial charge in [-0.05, 0) is 68.4 Å². The largest absolute Gasteiger partial charge is 0.493 e. The van der Waals surface area contributed by atoms with E-state index >= 15 is 0 Å². The first-order chi connectivity index (χ1) is 17.2. The highest BCUT2D eigenvalue weighted by molar-refractivity contribution is 7.92. The predicted octanol–water partition coefficient (Wildman–Crippen LogP) is 4.33. The van der Waals surface area contributed by atoms with Crippen LogP contribution in [0, 0.1) is 13.8 Å². The Bertz CT molecular complexity index is 1460. The number of carbonyl (C=O) groups is 1. The van der Waals surface area contributed by atoms with E-state index in [4.69, 9.17) is 13.9 Å². The van der Waals surface area contributed by atoms with E-state index in [1.165, 1.54) is 30.3 Å². The number of nitrogens with one attached hydrogen (secondary N) is 2. The Morgan fingerprint density at radius 3 is 2.28 bits per heavy atom. The van der Waals surface area contributed by atoms with Gasteiger partial charge in [0.15, 0.2) is 17.3 Å². The van der Waals surface area contributed by atoms with Crippen LogP contribution in [-0.2, 0) is 16.6 Å². The van der Waals surface area contributed by atoms with Gasteiger partial charge in [-0.1, -0.05) is 12.1 Å². The number of benzene rings is 2. The van der Waals surface area contributed by atoms with E-state index < -0.39 is 15.9 Å². The van der Waals surface area contributed by atoms with Crippen molar-refractivity contribution in [2.45, 2.75) is 25.3 Å². The van der Waals surface area contributed by atoms with Gasteiger partial charge < -0.3 is 19.2 Å². The molecule has 0 spiro atoms. The molecule has 1 amide bonds. The molecule has 0 bridgehead atoms. The molecule has 0 aliphatic carbocycles. The predicted molar refractivity (Wildman–Crippen MR) is 133 cm³/mol. The number of anilines is 2. The van der Waals surface area contributed by atoms with Gasteiger partial charge in [-0.2, -0.15) is 0 Å². The van der Waals surface area contributed by atoms with Crippen molar-refractivity contribution in [1.29, 1.82) is 0 Å². The zero-order valence-electron chi connectivity index (χ0n) is 19.8. The van der Waals surface area contributed by atoms with Crippen LogP contribution in [-0.4, -0.2) is 31.4 Å². The fourth-order valence-electron chi connectivity index (χ4n) is 3.33. The Kier molecular flexibility index (Phi) is 7.20. The van der Waals surface area contributed by atoms with Crippen LogP contribution in [0.1, 0.15) is 27.7 Å². The summed E-state index contributed by atoms with van der Waals surface area (Å²) < 4.78 is 44.2. The number of hydrogen-bond donors (Lipinski definition) is 2. The Hall–Kier alpha value is -4.38. The number of methoxy groups -OCH3 is 1. The monoisotopic (exact) mass is 508 g/mol. The van der Waals surface area contributed by atoms with Gasteiger partial charge in [0, 0.05) is 17.1 Å². The number of para-hydroxylation sites is 2. The number of hydrogen-bond acceptors (Lipinski definition) is 8. The molecule has 10 nitrogen and oxygen atoms in total. The molecule has 0 unspecified atom stereocenters. The van der Waals surface area contributed by atoms with Gasteiger partial charge in [0.2, 0.25) is 5.95 Å². The fraction of sp³-hybridized carbons (Fsp3) is 0.160. The number of rotatable bonds is 9. The summed E-state index contributed by atoms with van der Waals surface area (Å²) in [4.78, 5) is 20.8. The standard InChI is InChI=1S/C25H24N4O6S/c1-16-14-17(2)27-25(26-16)29-36(31,32)20-11-8-18(9-12-20)28-24(30)23-13-10-19(35-23)15-34-22-7-5-4-6-21(22)33-3/h4-14H,15H2,1-3H3,(H,28,30)(H,26,27,29). The molecule has 4 aromatic rings. The smallest absolute Gasteiger partial charge is 0.291 e. The molecular formula is C25H24N4O6S. The minimum atomic E-state index is -3.90. The molecule has 11 heteroatoms. The number of amides is 1. The second kappa shape index (κ2) is 10.5. The molecule has 4 rings (SSSR count). The molecule has 0 saturated carbocycles. The summed E-state index contributed by atoms with van der Waals surface area (Å²) in [6.45, 7) is 3.61. The van der Waals surface area contributed by atoms with Gasteiger partial charge in [-0.25, -0.2) is 23.1 Å². The lowest BCUT2D eigenvalue weighted by Crippen LogP contribution is -2.16. The summed E-state index contributed by atoms with van der Waals surface area (Å²) in [6, 6.07) is 17.8. The zero-order chi connectivity index (χ0) is 25.7. The topological polar surface area (TPSA) is 133 Å². The molecular weight excluding hydrogens is 484 g/mol. The molecule has 2 heterocycles. The van der Waals surface area contributed by atoms with E-state index in [-0.39, 0.29) is 23.2 Å². The Morgan fingerprint density at radius 1 is 0.944 bits per heavy atom. The van der Waals surface area contributed by atoms with Crippen LogP contribution in [0.5, 0.6) is 11.5 Å². The third kappa shape index (κ3) is 5.99. The molecule has 0 saturated heterocycles. The zero-order valence-corrected chi connectivity index (χ0v) is 20.6. The van der Waals surface area contributed by atoms with Crippen LogP contribution in [0.2, 0.25) is 0 Å². The lowest BCUT2D eigenvalue weighted by molar-refractivity contribution is 0.0992. The summed E-state index contributed by atoms with van der Waals surface area (Å²) in [5.74, 6) is 1.18. The first-order valence-electron chi connectivity index (χ1n) is 10.8. The van der Waals surface area contributed by atoms with Crippen molar-refractivity contribution < 1.29 is 27.1 Å². The number of furan rings is 1. The van der Waals surface area contributed by atoms with Crippen molar-refractivity contribution in [3.63, 3.8) is 0 Å². The van der Waals surface area contributed by atoms with Crippen LogP contribution < -0.4 is 19.5 Å². The molecule has 0 aliphatic rings. The number of nitrogens with zero attached hydrogens (tertiary/aromatic N) is 2. The van der Waals surface area contributed by atoms with E-state index in [0.717, 1.165) is 0 Å². The third-order valence-electron chi connectivity index (χ3n) is 4.95. The maximum atomic E-state index is 12.7. The summed E-state index contributed by atoms with van der Waals surface area (Å²) in [5.41, 5.74) is 1.68. The summed E-state index contributed by atoms with van der Waals surface area (Å²) in [7, 11) is -2.35. The molecule has 0 fully saturated rings. The molecule has 0 radical (unpaired) electrons. The van der Waals surface area contributed by atoms with E-state index in [9.17, 15) is 13.2 Å². The van der Waals surface area contributed by atoms with Gasteiger partial charge in [-0.3, -0.25) is 4.79 Å². The van der Waals surface area contributed by atoms with E-state index in [1.807, 2.05) is 12.1 Å². The van der Waals surface area contributed by atoms with Crippen molar-refractivity contribution in [2.24, 2.45) is 0 Å². The van der Waals surface area contributed by atoms with Crippen LogP contribution in [0.4, 0.5) is 11.6 Å². The van der Waals surface area contributed by atoms with Gasteiger partial charge in [0.25, 0.3) is 15.9 Å². The third-order valence-corrected chi connectivity index (χ3v) is 6.30. The van der Waals surface area contributed by atoms with Crippen molar-refractivity contribution in [3.05, 3.63) is 89.6 Å². The normalized spacial score (nSPS) is 11.1.